The van der Waals surface area contributed by atoms with Gasteiger partial charge in [0, 0.05) is 0 Å². The molecule has 0 fully saturated rings. The van der Waals surface area contributed by atoms with Gasteiger partial charge in [0.1, 0.15) is 0 Å². The van der Waals surface area contributed by atoms with Crippen molar-refractivity contribution >= 4 is 0 Å². The molecule has 0 aliphatic heterocycles. The van der Waals surface area contributed by atoms with Gasteiger partial charge in [0.25, 0.3) is 0 Å². The zero-order valence-electron chi connectivity index (χ0n) is 6.23. The van der Waals surface area contributed by atoms with Gasteiger partial charge in [-0.05, 0) is 0 Å². The summed E-state index contributed by atoms with van der Waals surface area (Å²) in [6.07, 6.45) is 0. The molecule has 0 bridgehead atoms. The third-order valence-electron chi connectivity index (χ3n) is 0.813. The zero-order valence-corrected chi connectivity index (χ0v) is 10.2. The van der Waals surface area contributed by atoms with E-state index >= 15 is 0 Å². The minimum absolute atomic E-state index is 0. The van der Waals surface area contributed by atoms with E-state index in [0.717, 1.165) is 0 Å². The topological polar surface area (TPSA) is 0 Å². The smallest absolute Gasteiger partial charge is 0.359 e. The fraction of sp³-hybridized carbons (Fsp3) is 0.143. The fourth-order valence-corrected chi connectivity index (χ4v) is 0.425. The van der Waals surface area contributed by atoms with E-state index in [0.29, 0.717) is 0 Å². The van der Waals surface area contributed by atoms with Crippen molar-refractivity contribution in [3.05, 3.63) is 35.9 Å². The molecule has 0 N–H and O–H groups in total. The van der Waals surface area contributed by atoms with Gasteiger partial charge in [0.05, 0.1) is 0 Å². The molecule has 0 saturated carbocycles. The van der Waals surface area contributed by atoms with Crippen LogP contribution in [0.25, 0.3) is 0 Å². The van der Waals surface area contributed by atoms with Crippen LogP contribution in [-0.2, 0) is 0 Å². The predicted molar refractivity (Wildman–Crippen MR) is 28.9 cm³/mol. The summed E-state index contributed by atoms with van der Waals surface area (Å²) in [5.41, 5.74) is 1.17. The van der Waals surface area contributed by atoms with Crippen molar-refractivity contribution in [3.8, 4) is 0 Å². The summed E-state index contributed by atoms with van der Waals surface area (Å²) in [6, 6.07) is 11.5. The van der Waals surface area contributed by atoms with Crippen molar-refractivity contribution in [2.24, 2.45) is 0 Å². The van der Waals surface area contributed by atoms with Crippen LogP contribution in [0.4, 0.5) is 0 Å². The third kappa shape index (κ3) is 5.65. The van der Waals surface area contributed by atoms with E-state index in [4.69, 9.17) is 0 Å². The Morgan fingerprint density at radius 2 is 2.00 bits per heavy atom. The maximum Gasteiger partial charge on any atom is 1.00 e. The molecule has 1 aromatic carbocycles. The van der Waals surface area contributed by atoms with Crippen LogP contribution in [0, 0.1) is 19.1 Å². The molecule has 0 aliphatic carbocycles. The normalized spacial score (nSPS) is 6.78. The number of hydrogen-bond acceptors (Lipinski definition) is 0. The summed E-state index contributed by atoms with van der Waals surface area (Å²) in [7, 11) is 0. The largest absolute Gasteiger partial charge is 1.00 e. The second-order valence-electron chi connectivity index (χ2n) is 1.47. The molecule has 1 aromatic rings. The van der Waals surface area contributed by atoms with Crippen LogP contribution in [0.15, 0.2) is 18.2 Å². The Bertz CT molecular complexity index is 137. The first-order valence-corrected chi connectivity index (χ1v) is 2.24. The van der Waals surface area contributed by atoms with Gasteiger partial charge in [-0.25, -0.2) is 0 Å². The fourth-order valence-electron chi connectivity index (χ4n) is 0.425. The summed E-state index contributed by atoms with van der Waals surface area (Å²) in [5.74, 6) is 0. The van der Waals surface area contributed by atoms with Crippen molar-refractivity contribution in [2.45, 2.75) is 6.92 Å². The molecule has 0 aliphatic rings. The van der Waals surface area contributed by atoms with Crippen LogP contribution in [0.5, 0.6) is 0 Å². The third-order valence-corrected chi connectivity index (χ3v) is 0.813. The average Bonchev–Trinajstić information content (AvgIpc) is 1.69. The van der Waals surface area contributed by atoms with Gasteiger partial charge in [-0.3, -0.25) is 17.7 Å². The van der Waals surface area contributed by atoms with E-state index in [9.17, 15) is 0 Å². The monoisotopic (exact) mass is 136 g/mol. The van der Waals surface area contributed by atoms with Gasteiger partial charge in [-0.15, -0.1) is 0 Å². The van der Waals surface area contributed by atoms with Crippen molar-refractivity contribution in [1.82, 2.24) is 0 Å². The number of hydrogen-bond donors (Lipinski definition) is 0. The Hall–Kier alpha value is 1.22. The van der Waals surface area contributed by atoms with Crippen molar-refractivity contribution in [3.63, 3.8) is 0 Å². The van der Waals surface area contributed by atoms with Gasteiger partial charge in [0.15, 0.2) is 0 Å². The molecule has 1 rings (SSSR count). The summed E-state index contributed by atoms with van der Waals surface area (Å²) < 4.78 is 0. The molecule has 9 heavy (non-hydrogen) atoms. The quantitative estimate of drug-likeness (QED) is 0.249. The second-order valence-corrected chi connectivity index (χ2v) is 1.47. The summed E-state index contributed by atoms with van der Waals surface area (Å²) in [5, 5.41) is 0. The zero-order chi connectivity index (χ0) is 5.11. The first-order valence-electron chi connectivity index (χ1n) is 2.24. The minimum Gasteiger partial charge on any atom is -0.359 e. The van der Waals surface area contributed by atoms with Crippen LogP contribution in [-0.4, -0.2) is 0 Å². The van der Waals surface area contributed by atoms with Crippen LogP contribution >= 0.6 is 0 Å². The van der Waals surface area contributed by atoms with Crippen molar-refractivity contribution in [1.29, 1.82) is 0 Å². The van der Waals surface area contributed by atoms with Gasteiger partial charge in [-0.2, -0.15) is 0 Å². The number of benzene rings is 1. The van der Waals surface area contributed by atoms with Crippen LogP contribution in [0.3, 0.4) is 0 Å². The van der Waals surface area contributed by atoms with Gasteiger partial charge in [-0.1, -0.05) is 6.92 Å². The average molecular weight is 136 g/mol. The number of rotatable bonds is 0. The van der Waals surface area contributed by atoms with Gasteiger partial charge >= 0.3 is 59.1 Å². The van der Waals surface area contributed by atoms with Crippen molar-refractivity contribution in [2.75, 3.05) is 0 Å². The molecule has 36 valence electrons. The molecule has 2 heteroatoms. The van der Waals surface area contributed by atoms with Crippen LogP contribution in [0.1, 0.15) is 5.56 Å². The molecule has 0 radical (unpaired) electrons. The van der Waals surface area contributed by atoms with Crippen LogP contribution < -0.4 is 59.1 Å². The summed E-state index contributed by atoms with van der Waals surface area (Å²) >= 11 is 0. The molecule has 0 aromatic heterocycles. The molecule has 0 unspecified atom stereocenters. The molecule has 0 amide bonds. The second kappa shape index (κ2) is 7.33. The SMILES string of the molecule is Cc1[c-]c[c-]cc1.[Na+].[Na+]. The summed E-state index contributed by atoms with van der Waals surface area (Å²) in [6.45, 7) is 2.01. The molecule has 0 saturated heterocycles. The Morgan fingerprint density at radius 1 is 1.33 bits per heavy atom. The van der Waals surface area contributed by atoms with Gasteiger partial charge in [0.2, 0.25) is 0 Å². The van der Waals surface area contributed by atoms with Gasteiger partial charge < -0.3 is 18.2 Å². The molecular weight excluding hydrogens is 130 g/mol. The molecule has 0 spiro atoms. The number of aryl methyl sites for hydroxylation is 1. The van der Waals surface area contributed by atoms with Crippen LogP contribution in [0.2, 0.25) is 0 Å². The summed E-state index contributed by atoms with van der Waals surface area (Å²) in [4.78, 5) is 0. The first kappa shape index (κ1) is 12.9. The van der Waals surface area contributed by atoms with E-state index in [1.807, 2.05) is 19.1 Å². The van der Waals surface area contributed by atoms with E-state index < -0.39 is 0 Å². The first-order chi connectivity index (χ1) is 3.39. The Labute approximate surface area is 101 Å². The Morgan fingerprint density at radius 3 is 2.22 bits per heavy atom. The molecule has 0 atom stereocenters. The minimum atomic E-state index is 0. The van der Waals surface area contributed by atoms with E-state index in [1.54, 1.807) is 6.07 Å². The molecule has 0 nitrogen and oxygen atoms in total. The standard InChI is InChI=1S/C7H6.2Na/c1-7-5-3-2-4-6-7;;/h3-5H,1H3;;/q-2;2*+1. The Kier molecular flexibility index (Phi) is 10.5. The maximum absolute atomic E-state index is 2.98. The predicted octanol–water partition coefficient (Wildman–Crippen LogP) is -4.40. The Balaban J connectivity index is 0. The molecule has 0 heterocycles. The van der Waals surface area contributed by atoms with Crippen molar-refractivity contribution < 1.29 is 59.1 Å². The molecular formula is C7H6Na2. The van der Waals surface area contributed by atoms with E-state index in [-0.39, 0.29) is 59.1 Å². The maximum atomic E-state index is 2.98. The van der Waals surface area contributed by atoms with E-state index in [2.05, 4.69) is 12.1 Å². The van der Waals surface area contributed by atoms with E-state index in [1.165, 1.54) is 5.56 Å².